The van der Waals surface area contributed by atoms with E-state index in [4.69, 9.17) is 33.7 Å². The van der Waals surface area contributed by atoms with E-state index < -0.39 is 5.91 Å². The number of ether oxygens (including phenoxy) is 1. The monoisotopic (exact) mass is 366 g/mol. The number of hydrogen-bond donors (Lipinski definition) is 1. The van der Waals surface area contributed by atoms with Crippen molar-refractivity contribution in [3.05, 3.63) is 63.6 Å². The molecule has 2 rings (SSSR count). The molecule has 0 aromatic heterocycles. The third kappa shape index (κ3) is 4.63. The lowest BCUT2D eigenvalue weighted by Crippen LogP contribution is -2.31. The normalized spacial score (nSPS) is 10.3. The van der Waals surface area contributed by atoms with E-state index in [9.17, 15) is 9.59 Å². The maximum absolute atomic E-state index is 12.2. The number of hydrogen-bond acceptors (Lipinski definition) is 3. The van der Waals surface area contributed by atoms with E-state index in [-0.39, 0.29) is 23.8 Å². The van der Waals surface area contributed by atoms with Gasteiger partial charge in [-0.25, -0.2) is 0 Å². The number of amides is 2. The van der Waals surface area contributed by atoms with Crippen molar-refractivity contribution < 1.29 is 14.3 Å². The molecule has 2 N–H and O–H groups in total. The summed E-state index contributed by atoms with van der Waals surface area (Å²) >= 11 is 11.8. The molecule has 0 atom stereocenters. The minimum absolute atomic E-state index is 0.206. The summed E-state index contributed by atoms with van der Waals surface area (Å²) in [6.45, 7) is 0.151. The molecular formula is C17H16Cl2N2O3. The standard InChI is InChI=1S/C17H16Cl2N2O3/c1-21(9-11-6-7-13(18)14(19)8-11)16(22)10-24-15-5-3-2-4-12(15)17(20)23/h2-8H,9-10H2,1H3,(H2,20,23). The molecule has 2 aromatic carbocycles. The van der Waals surface area contributed by atoms with Crippen LogP contribution in [0.3, 0.4) is 0 Å². The summed E-state index contributed by atoms with van der Waals surface area (Å²) < 4.78 is 5.42. The predicted octanol–water partition coefficient (Wildman–Crippen LogP) is 3.13. The second kappa shape index (κ2) is 8.04. The molecule has 0 aliphatic heterocycles. The molecule has 0 aliphatic carbocycles. The van der Waals surface area contributed by atoms with Crippen LogP contribution in [0.25, 0.3) is 0 Å². The van der Waals surface area contributed by atoms with Crippen molar-refractivity contribution in [2.24, 2.45) is 5.73 Å². The van der Waals surface area contributed by atoms with E-state index >= 15 is 0 Å². The van der Waals surface area contributed by atoms with Gasteiger partial charge in [-0.2, -0.15) is 0 Å². The summed E-state index contributed by atoms with van der Waals surface area (Å²) in [5.74, 6) is -0.580. The second-order valence-corrected chi connectivity index (χ2v) is 5.96. The molecule has 0 unspecified atom stereocenters. The van der Waals surface area contributed by atoms with Gasteiger partial charge in [-0.1, -0.05) is 41.4 Å². The number of likely N-dealkylation sites (N-methyl/N-ethyl adjacent to an activating group) is 1. The first-order chi connectivity index (χ1) is 11.4. The van der Waals surface area contributed by atoms with Crippen LogP contribution in [-0.2, 0) is 11.3 Å². The highest BCUT2D eigenvalue weighted by Gasteiger charge is 2.14. The van der Waals surface area contributed by atoms with E-state index in [1.807, 2.05) is 0 Å². The Hall–Kier alpha value is -2.24. The summed E-state index contributed by atoms with van der Waals surface area (Å²) in [5.41, 5.74) is 6.35. The van der Waals surface area contributed by atoms with Gasteiger partial charge in [0.2, 0.25) is 0 Å². The van der Waals surface area contributed by atoms with Crippen molar-refractivity contribution in [1.29, 1.82) is 0 Å². The SMILES string of the molecule is CN(Cc1ccc(Cl)c(Cl)c1)C(=O)COc1ccccc1C(N)=O. The molecule has 0 spiro atoms. The molecule has 2 amide bonds. The van der Waals surface area contributed by atoms with Gasteiger partial charge in [-0.15, -0.1) is 0 Å². The minimum atomic E-state index is -0.609. The number of primary amides is 1. The molecule has 0 saturated carbocycles. The van der Waals surface area contributed by atoms with Gasteiger partial charge in [0.1, 0.15) is 5.75 Å². The molecule has 0 bridgehead atoms. The molecule has 7 heteroatoms. The Morgan fingerprint density at radius 1 is 1.12 bits per heavy atom. The molecular weight excluding hydrogens is 351 g/mol. The van der Waals surface area contributed by atoms with Gasteiger partial charge in [-0.05, 0) is 29.8 Å². The highest BCUT2D eigenvalue weighted by molar-refractivity contribution is 6.42. The fraction of sp³-hybridized carbons (Fsp3) is 0.176. The molecule has 0 radical (unpaired) electrons. The van der Waals surface area contributed by atoms with Gasteiger partial charge >= 0.3 is 0 Å². The third-order valence-corrected chi connectivity index (χ3v) is 4.07. The first-order valence-corrected chi connectivity index (χ1v) is 7.83. The van der Waals surface area contributed by atoms with E-state index in [1.165, 1.54) is 4.90 Å². The quantitative estimate of drug-likeness (QED) is 0.853. The zero-order valence-corrected chi connectivity index (χ0v) is 14.5. The van der Waals surface area contributed by atoms with Crippen molar-refractivity contribution in [1.82, 2.24) is 4.90 Å². The van der Waals surface area contributed by atoms with Gasteiger partial charge in [0, 0.05) is 13.6 Å². The Labute approximate surface area is 149 Å². The Morgan fingerprint density at radius 3 is 2.50 bits per heavy atom. The van der Waals surface area contributed by atoms with Gasteiger partial charge < -0.3 is 15.4 Å². The van der Waals surface area contributed by atoms with Crippen molar-refractivity contribution in [2.75, 3.05) is 13.7 Å². The molecule has 0 heterocycles. The highest BCUT2D eigenvalue weighted by atomic mass is 35.5. The second-order valence-electron chi connectivity index (χ2n) is 5.15. The Balaban J connectivity index is 1.97. The number of carbonyl (C=O) groups excluding carboxylic acids is 2. The number of carbonyl (C=O) groups is 2. The fourth-order valence-electron chi connectivity index (χ4n) is 2.05. The van der Waals surface area contributed by atoms with Crippen LogP contribution in [0.1, 0.15) is 15.9 Å². The Morgan fingerprint density at radius 2 is 1.83 bits per heavy atom. The smallest absolute Gasteiger partial charge is 0.260 e. The average Bonchev–Trinajstić information content (AvgIpc) is 2.56. The summed E-state index contributed by atoms with van der Waals surface area (Å²) in [7, 11) is 1.65. The lowest BCUT2D eigenvalue weighted by molar-refractivity contribution is -0.132. The summed E-state index contributed by atoms with van der Waals surface area (Å²) in [5, 5.41) is 0.891. The van der Waals surface area contributed by atoms with E-state index in [2.05, 4.69) is 0 Å². The predicted molar refractivity (Wildman–Crippen MR) is 93.4 cm³/mol. The number of rotatable bonds is 6. The van der Waals surface area contributed by atoms with Crippen molar-refractivity contribution in [3.8, 4) is 5.75 Å². The maximum atomic E-state index is 12.2. The number of nitrogens with zero attached hydrogens (tertiary/aromatic N) is 1. The lowest BCUT2D eigenvalue weighted by atomic mass is 10.2. The molecule has 0 aliphatic rings. The summed E-state index contributed by atoms with van der Waals surface area (Å²) in [6, 6.07) is 11.7. The number of benzene rings is 2. The zero-order chi connectivity index (χ0) is 17.7. The van der Waals surface area contributed by atoms with Crippen LogP contribution in [0, 0.1) is 0 Å². The van der Waals surface area contributed by atoms with Crippen LogP contribution in [0.4, 0.5) is 0 Å². The highest BCUT2D eigenvalue weighted by Crippen LogP contribution is 2.23. The van der Waals surface area contributed by atoms with Gasteiger partial charge in [0.25, 0.3) is 11.8 Å². The number of para-hydroxylation sites is 1. The lowest BCUT2D eigenvalue weighted by Gasteiger charge is -2.18. The third-order valence-electron chi connectivity index (χ3n) is 3.33. The molecule has 5 nitrogen and oxygen atoms in total. The number of halogens is 2. The topological polar surface area (TPSA) is 72.6 Å². The van der Waals surface area contributed by atoms with Crippen LogP contribution in [0.2, 0.25) is 10.0 Å². The molecule has 24 heavy (non-hydrogen) atoms. The summed E-state index contributed by atoms with van der Waals surface area (Å²) in [4.78, 5) is 25.0. The minimum Gasteiger partial charge on any atom is -0.483 e. The average molecular weight is 367 g/mol. The van der Waals surface area contributed by atoms with Crippen LogP contribution < -0.4 is 10.5 Å². The van der Waals surface area contributed by atoms with E-state index in [0.29, 0.717) is 16.6 Å². The van der Waals surface area contributed by atoms with Gasteiger partial charge in [-0.3, -0.25) is 9.59 Å². The van der Waals surface area contributed by atoms with Crippen molar-refractivity contribution in [3.63, 3.8) is 0 Å². The van der Waals surface area contributed by atoms with Crippen LogP contribution in [0.5, 0.6) is 5.75 Å². The van der Waals surface area contributed by atoms with Crippen LogP contribution in [0.15, 0.2) is 42.5 Å². The van der Waals surface area contributed by atoms with Crippen molar-refractivity contribution >= 4 is 35.0 Å². The fourth-order valence-corrected chi connectivity index (χ4v) is 2.37. The van der Waals surface area contributed by atoms with E-state index in [0.717, 1.165) is 5.56 Å². The Bertz CT molecular complexity index is 765. The van der Waals surface area contributed by atoms with Gasteiger partial charge in [0.05, 0.1) is 15.6 Å². The Kier molecular flexibility index (Phi) is 6.06. The molecule has 2 aromatic rings. The van der Waals surface area contributed by atoms with Crippen LogP contribution >= 0.6 is 23.2 Å². The zero-order valence-electron chi connectivity index (χ0n) is 13.0. The largest absolute Gasteiger partial charge is 0.483 e. The first kappa shape index (κ1) is 18.1. The molecule has 0 saturated heterocycles. The molecule has 0 fully saturated rings. The van der Waals surface area contributed by atoms with E-state index in [1.54, 1.807) is 49.5 Å². The molecule has 126 valence electrons. The number of nitrogens with two attached hydrogens (primary N) is 1. The van der Waals surface area contributed by atoms with Gasteiger partial charge in [0.15, 0.2) is 6.61 Å². The summed E-state index contributed by atoms with van der Waals surface area (Å²) in [6.07, 6.45) is 0. The van der Waals surface area contributed by atoms with Crippen molar-refractivity contribution in [2.45, 2.75) is 6.54 Å². The van der Waals surface area contributed by atoms with Crippen LogP contribution in [-0.4, -0.2) is 30.4 Å². The first-order valence-electron chi connectivity index (χ1n) is 7.08. The maximum Gasteiger partial charge on any atom is 0.260 e.